The number of esters is 1. The molecule has 1 aromatic rings. The molecule has 0 radical (unpaired) electrons. The molecule has 1 unspecified atom stereocenters. The first-order valence-corrected chi connectivity index (χ1v) is 4.97. The van der Waals surface area contributed by atoms with Crippen molar-refractivity contribution in [1.82, 2.24) is 15.1 Å². The molecule has 0 aromatic carbocycles. The van der Waals surface area contributed by atoms with E-state index in [4.69, 9.17) is 9.47 Å². The van der Waals surface area contributed by atoms with Crippen LogP contribution in [0.1, 0.15) is 11.6 Å². The van der Waals surface area contributed by atoms with Crippen LogP contribution in [0, 0.1) is 0 Å². The van der Waals surface area contributed by atoms with E-state index >= 15 is 0 Å². The number of ether oxygens (including phenoxy) is 2. The maximum Gasteiger partial charge on any atom is 0.327 e. The Labute approximate surface area is 94.5 Å². The molecule has 6 nitrogen and oxygen atoms in total. The number of hydrogen-bond donors (Lipinski definition) is 1. The summed E-state index contributed by atoms with van der Waals surface area (Å²) in [7, 11) is 4.77. The van der Waals surface area contributed by atoms with Crippen molar-refractivity contribution in [3.63, 3.8) is 0 Å². The molecule has 0 saturated carbocycles. The van der Waals surface area contributed by atoms with E-state index in [1.54, 1.807) is 31.2 Å². The lowest BCUT2D eigenvalue weighted by Crippen LogP contribution is -2.31. The Kier molecular flexibility index (Phi) is 4.94. The molecule has 0 amide bonds. The third-order valence-corrected chi connectivity index (χ3v) is 2.15. The number of nitrogens with one attached hydrogen (secondary N) is 1. The molecule has 16 heavy (non-hydrogen) atoms. The normalized spacial score (nSPS) is 12.4. The SMILES string of the molecule is COCCNC(C(=O)OC)c1cnn(C)c1. The number of rotatable bonds is 6. The average Bonchev–Trinajstić information content (AvgIpc) is 2.70. The van der Waals surface area contributed by atoms with Crippen LogP contribution in [0.3, 0.4) is 0 Å². The van der Waals surface area contributed by atoms with Crippen molar-refractivity contribution in [2.75, 3.05) is 27.4 Å². The first kappa shape index (κ1) is 12.7. The van der Waals surface area contributed by atoms with Crippen molar-refractivity contribution in [2.45, 2.75) is 6.04 Å². The van der Waals surface area contributed by atoms with E-state index in [2.05, 4.69) is 10.4 Å². The Morgan fingerprint density at radius 2 is 2.38 bits per heavy atom. The van der Waals surface area contributed by atoms with Gasteiger partial charge < -0.3 is 9.47 Å². The van der Waals surface area contributed by atoms with Crippen molar-refractivity contribution in [2.24, 2.45) is 7.05 Å². The number of carbonyl (C=O) groups excluding carboxylic acids is 1. The molecule has 0 saturated heterocycles. The summed E-state index contributed by atoms with van der Waals surface area (Å²) >= 11 is 0. The van der Waals surface area contributed by atoms with Crippen molar-refractivity contribution < 1.29 is 14.3 Å². The highest BCUT2D eigenvalue weighted by atomic mass is 16.5. The van der Waals surface area contributed by atoms with Crippen molar-refractivity contribution in [3.8, 4) is 0 Å². The van der Waals surface area contributed by atoms with Gasteiger partial charge in [0.1, 0.15) is 6.04 Å². The second-order valence-corrected chi connectivity index (χ2v) is 3.35. The molecule has 0 spiro atoms. The minimum atomic E-state index is -0.492. The largest absolute Gasteiger partial charge is 0.468 e. The van der Waals surface area contributed by atoms with Gasteiger partial charge in [-0.15, -0.1) is 0 Å². The molecule has 6 heteroatoms. The van der Waals surface area contributed by atoms with Crippen LogP contribution in [0.25, 0.3) is 0 Å². The molecular weight excluding hydrogens is 210 g/mol. The maximum atomic E-state index is 11.6. The Balaban J connectivity index is 2.67. The van der Waals surface area contributed by atoms with Gasteiger partial charge in [-0.3, -0.25) is 10.00 Å². The Hall–Kier alpha value is -1.40. The van der Waals surface area contributed by atoms with Crippen LogP contribution in [-0.4, -0.2) is 43.1 Å². The first-order valence-electron chi connectivity index (χ1n) is 4.97. The minimum absolute atomic E-state index is 0.330. The van der Waals surface area contributed by atoms with Crippen LogP contribution in [0.5, 0.6) is 0 Å². The van der Waals surface area contributed by atoms with Gasteiger partial charge in [0, 0.05) is 32.5 Å². The van der Waals surface area contributed by atoms with E-state index in [1.807, 2.05) is 0 Å². The van der Waals surface area contributed by atoms with E-state index < -0.39 is 6.04 Å². The van der Waals surface area contributed by atoms with Crippen molar-refractivity contribution in [3.05, 3.63) is 18.0 Å². The fourth-order valence-electron chi connectivity index (χ4n) is 1.35. The van der Waals surface area contributed by atoms with E-state index in [9.17, 15) is 4.79 Å². The third kappa shape index (κ3) is 3.32. The highest BCUT2D eigenvalue weighted by Gasteiger charge is 2.21. The van der Waals surface area contributed by atoms with Gasteiger partial charge in [0.15, 0.2) is 0 Å². The molecule has 1 N–H and O–H groups in total. The Morgan fingerprint density at radius 3 is 2.88 bits per heavy atom. The molecule has 90 valence electrons. The third-order valence-electron chi connectivity index (χ3n) is 2.15. The van der Waals surface area contributed by atoms with Crippen molar-refractivity contribution >= 4 is 5.97 Å². The summed E-state index contributed by atoms with van der Waals surface area (Å²) in [6.45, 7) is 1.11. The fourth-order valence-corrected chi connectivity index (χ4v) is 1.35. The Bertz CT molecular complexity index is 338. The standard InChI is InChI=1S/C10H17N3O3/c1-13-7-8(6-12-13)9(10(14)16-3)11-4-5-15-2/h6-7,9,11H,4-5H2,1-3H3. The van der Waals surface area contributed by atoms with Crippen molar-refractivity contribution in [1.29, 1.82) is 0 Å². The molecule has 1 aromatic heterocycles. The summed E-state index contributed by atoms with van der Waals surface area (Å²) in [5.74, 6) is -0.330. The lowest BCUT2D eigenvalue weighted by atomic mass is 10.1. The summed E-state index contributed by atoms with van der Waals surface area (Å²) in [5.41, 5.74) is 0.783. The molecule has 1 heterocycles. The molecule has 0 aliphatic rings. The predicted octanol–water partition coefficient (Wildman–Crippen LogP) is -0.130. The zero-order chi connectivity index (χ0) is 12.0. The molecule has 1 rings (SSSR count). The summed E-state index contributed by atoms with van der Waals surface area (Å²) in [6.07, 6.45) is 3.42. The molecule has 1 atom stereocenters. The Morgan fingerprint density at radius 1 is 1.62 bits per heavy atom. The number of nitrogens with zero attached hydrogens (tertiary/aromatic N) is 2. The summed E-state index contributed by atoms with van der Waals surface area (Å²) in [5, 5.41) is 7.07. The predicted molar refractivity (Wildman–Crippen MR) is 57.8 cm³/mol. The highest BCUT2D eigenvalue weighted by molar-refractivity contribution is 5.77. The smallest absolute Gasteiger partial charge is 0.327 e. The first-order chi connectivity index (χ1) is 7.69. The van der Waals surface area contributed by atoms with Gasteiger partial charge in [-0.2, -0.15) is 5.10 Å². The second kappa shape index (κ2) is 6.24. The van der Waals surface area contributed by atoms with E-state index in [1.165, 1.54) is 7.11 Å². The number of aryl methyl sites for hydroxylation is 1. The topological polar surface area (TPSA) is 65.4 Å². The lowest BCUT2D eigenvalue weighted by molar-refractivity contribution is -0.143. The average molecular weight is 227 g/mol. The van der Waals surface area contributed by atoms with Gasteiger partial charge >= 0.3 is 5.97 Å². The highest BCUT2D eigenvalue weighted by Crippen LogP contribution is 2.12. The summed E-state index contributed by atoms with van der Waals surface area (Å²) < 4.78 is 11.3. The van der Waals surface area contributed by atoms with Crippen LogP contribution >= 0.6 is 0 Å². The molecule has 0 fully saturated rings. The van der Waals surface area contributed by atoms with Gasteiger partial charge in [-0.1, -0.05) is 0 Å². The van der Waals surface area contributed by atoms with Gasteiger partial charge in [0.25, 0.3) is 0 Å². The zero-order valence-corrected chi connectivity index (χ0v) is 9.77. The minimum Gasteiger partial charge on any atom is -0.468 e. The number of aromatic nitrogens is 2. The van der Waals surface area contributed by atoms with Gasteiger partial charge in [0.2, 0.25) is 0 Å². The number of hydrogen-bond acceptors (Lipinski definition) is 5. The lowest BCUT2D eigenvalue weighted by Gasteiger charge is -2.14. The molecule has 0 aliphatic carbocycles. The quantitative estimate of drug-likeness (QED) is 0.541. The zero-order valence-electron chi connectivity index (χ0n) is 9.77. The van der Waals surface area contributed by atoms with Gasteiger partial charge in [0.05, 0.1) is 19.9 Å². The molecule has 0 aliphatic heterocycles. The fraction of sp³-hybridized carbons (Fsp3) is 0.600. The van der Waals surface area contributed by atoms with Gasteiger partial charge in [-0.25, -0.2) is 4.79 Å². The van der Waals surface area contributed by atoms with E-state index in [-0.39, 0.29) is 5.97 Å². The summed E-state index contributed by atoms with van der Waals surface area (Å²) in [4.78, 5) is 11.6. The number of methoxy groups -OCH3 is 2. The second-order valence-electron chi connectivity index (χ2n) is 3.35. The monoisotopic (exact) mass is 227 g/mol. The van der Waals surface area contributed by atoms with E-state index in [0.717, 1.165) is 5.56 Å². The summed E-state index contributed by atoms with van der Waals surface area (Å²) in [6, 6.07) is -0.492. The van der Waals surface area contributed by atoms with Crippen LogP contribution < -0.4 is 5.32 Å². The molecule has 0 bridgehead atoms. The molecular formula is C10H17N3O3. The van der Waals surface area contributed by atoms with Crippen LogP contribution in [-0.2, 0) is 21.3 Å². The van der Waals surface area contributed by atoms with Crippen LogP contribution in [0.2, 0.25) is 0 Å². The number of carbonyl (C=O) groups is 1. The van der Waals surface area contributed by atoms with Gasteiger partial charge in [-0.05, 0) is 0 Å². The van der Waals surface area contributed by atoms with E-state index in [0.29, 0.717) is 13.2 Å². The maximum absolute atomic E-state index is 11.6. The van der Waals surface area contributed by atoms with Crippen LogP contribution in [0.15, 0.2) is 12.4 Å². The van der Waals surface area contributed by atoms with Crippen LogP contribution in [0.4, 0.5) is 0 Å².